The number of carbonyl (C=O) groups is 1. The van der Waals surface area contributed by atoms with Gasteiger partial charge in [-0.1, -0.05) is 45.8 Å². The van der Waals surface area contributed by atoms with Crippen molar-refractivity contribution in [3.8, 4) is 108 Å². The molecule has 3 rings (SSSR count). The number of nitrogens with zero attached hydrogens (tertiary/aromatic N) is 3. The van der Waals surface area contributed by atoms with Gasteiger partial charge in [0, 0.05) is 66.5 Å². The maximum atomic E-state index is 11.5. The van der Waals surface area contributed by atoms with Crippen LogP contribution in [0.2, 0.25) is 0 Å². The van der Waals surface area contributed by atoms with E-state index in [4.69, 9.17) is 19.3 Å². The van der Waals surface area contributed by atoms with Gasteiger partial charge in [0.2, 0.25) is 5.91 Å². The maximum Gasteiger partial charge on any atom is 0.219 e. The largest absolute Gasteiger partial charge is 0.343 e. The van der Waals surface area contributed by atoms with Crippen LogP contribution in [0.5, 0.6) is 0 Å². The van der Waals surface area contributed by atoms with Gasteiger partial charge in [-0.3, -0.25) is 14.6 Å². The Bertz CT molecular complexity index is 1510. The molecule has 0 aliphatic carbocycles. The molecule has 1 aromatic carbocycles. The zero-order chi connectivity index (χ0) is 34.6. The van der Waals surface area contributed by atoms with Gasteiger partial charge in [-0.25, -0.2) is 0 Å². The van der Waals surface area contributed by atoms with Crippen LogP contribution < -0.4 is 0 Å². The first kappa shape index (κ1) is 41.1. The molecule has 2 saturated heterocycles. The quantitative estimate of drug-likeness (QED) is 0.357. The van der Waals surface area contributed by atoms with Crippen molar-refractivity contribution >= 4 is 21.8 Å². The Morgan fingerprint density at radius 1 is 0.783 bits per heavy atom. The van der Waals surface area contributed by atoms with Crippen LogP contribution in [0.4, 0.5) is 0 Å². The van der Waals surface area contributed by atoms with Gasteiger partial charge in [-0.2, -0.15) is 0 Å². The lowest BCUT2D eigenvalue weighted by Gasteiger charge is -2.47. The van der Waals surface area contributed by atoms with E-state index < -0.39 is 0 Å². The van der Waals surface area contributed by atoms with Gasteiger partial charge < -0.3 is 4.90 Å². The normalized spacial score (nSPS) is 15.2. The number of likely N-dealkylation sites (tertiary alicyclic amines) is 1. The van der Waals surface area contributed by atoms with E-state index in [1.165, 1.54) is 5.56 Å². The highest BCUT2D eigenvalue weighted by atomic mass is 79.9. The molecule has 0 saturated carbocycles. The minimum absolute atomic E-state index is 0. The molecular formula is C41H48BrN3O. The molecule has 0 unspecified atom stereocenters. The van der Waals surface area contributed by atoms with Crippen LogP contribution in [0.3, 0.4) is 0 Å². The summed E-state index contributed by atoms with van der Waals surface area (Å²) in [5.74, 6) is 36.2. The first-order valence-corrected chi connectivity index (χ1v) is 15.6. The third kappa shape index (κ3) is 18.1. The van der Waals surface area contributed by atoms with Gasteiger partial charge in [-0.05, 0) is 136 Å². The standard InChI is InChI=1S/C20H30BrN3O.3C7H4.3H2/c1-15-14-23(20-8-10-22(11-9-20)17(3)25)12-13-24(15)16(2)18-4-6-19(21)7-5-18;3*1-3-5-7-6-4-2;;;/h4-7,15-16,20H,8-14H2,1-3H3;3*1H,2H3;3*1H/t15-,16-;;;;;;/m0....../s1. The summed E-state index contributed by atoms with van der Waals surface area (Å²) >= 11 is 3.52. The summed E-state index contributed by atoms with van der Waals surface area (Å²) in [4.78, 5) is 18.8. The Morgan fingerprint density at radius 2 is 1.24 bits per heavy atom. The Balaban J connectivity index is -0.000000350. The average Bonchev–Trinajstić information content (AvgIpc) is 3.06. The van der Waals surface area contributed by atoms with Crippen LogP contribution in [-0.4, -0.2) is 65.4 Å². The summed E-state index contributed by atoms with van der Waals surface area (Å²) < 4.78 is 1.14. The third-order valence-electron chi connectivity index (χ3n) is 6.95. The lowest BCUT2D eigenvalue weighted by molar-refractivity contribution is -0.130. The average molecular weight is 679 g/mol. The second kappa shape index (κ2) is 26.5. The summed E-state index contributed by atoms with van der Waals surface area (Å²) in [5, 5.41) is 0. The second-order valence-corrected chi connectivity index (χ2v) is 10.8. The Morgan fingerprint density at radius 3 is 1.61 bits per heavy atom. The number of amides is 1. The number of carbonyl (C=O) groups excluding carboxylic acids is 1. The number of rotatable bonds is 3. The SMILES string of the molecule is C#CC#CC#CC.C#CC#CC#CC.C#CC#CC#CC.CC(=O)N1CCC(N2CCN([C@@H](C)c3ccc(Br)cc3)[C@@H](C)C2)CC1.[HH].[HH].[HH]. The summed E-state index contributed by atoms with van der Waals surface area (Å²) in [5.41, 5.74) is 1.39. The Labute approximate surface area is 292 Å². The minimum Gasteiger partial charge on any atom is -0.343 e. The zero-order valence-corrected chi connectivity index (χ0v) is 29.4. The summed E-state index contributed by atoms with van der Waals surface area (Å²) in [7, 11) is 0. The lowest BCUT2D eigenvalue weighted by Crippen LogP contribution is -2.57. The molecule has 46 heavy (non-hydrogen) atoms. The van der Waals surface area contributed by atoms with Gasteiger partial charge in [0.25, 0.3) is 0 Å². The summed E-state index contributed by atoms with van der Waals surface area (Å²) in [6, 6.07) is 10.4. The predicted molar refractivity (Wildman–Crippen MR) is 202 cm³/mol. The van der Waals surface area contributed by atoms with Crippen molar-refractivity contribution in [1.29, 1.82) is 0 Å². The molecule has 1 amide bonds. The van der Waals surface area contributed by atoms with E-state index >= 15 is 0 Å². The van der Waals surface area contributed by atoms with Crippen molar-refractivity contribution in [2.24, 2.45) is 0 Å². The number of hydrogen-bond acceptors (Lipinski definition) is 3. The maximum absolute atomic E-state index is 11.5. The fourth-order valence-corrected chi connectivity index (χ4v) is 5.04. The number of piperazine rings is 1. The molecule has 1 aromatic rings. The Hall–Kier alpha value is -4.87. The topological polar surface area (TPSA) is 26.8 Å². The monoisotopic (exact) mass is 677 g/mol. The first-order chi connectivity index (χ1) is 22.2. The highest BCUT2D eigenvalue weighted by Gasteiger charge is 2.33. The number of halogens is 1. The van der Waals surface area contributed by atoms with E-state index in [1.807, 2.05) is 4.90 Å². The molecule has 2 aliphatic heterocycles. The summed E-state index contributed by atoms with van der Waals surface area (Å²) in [6.45, 7) is 16.7. The highest BCUT2D eigenvalue weighted by Crippen LogP contribution is 2.28. The molecule has 2 heterocycles. The van der Waals surface area contributed by atoms with Crippen LogP contribution in [-0.2, 0) is 4.79 Å². The first-order valence-electron chi connectivity index (χ1n) is 14.8. The number of terminal acetylenes is 3. The van der Waals surface area contributed by atoms with Crippen molar-refractivity contribution < 1.29 is 9.07 Å². The van der Waals surface area contributed by atoms with E-state index in [0.717, 1.165) is 50.0 Å². The molecule has 2 aliphatic rings. The molecule has 5 heteroatoms. The van der Waals surface area contributed by atoms with Crippen molar-refractivity contribution in [2.75, 3.05) is 32.7 Å². The lowest BCUT2D eigenvalue weighted by atomic mass is 9.99. The molecule has 2 fully saturated rings. The van der Waals surface area contributed by atoms with Crippen molar-refractivity contribution in [3.05, 3.63) is 34.3 Å². The fourth-order valence-electron chi connectivity index (χ4n) is 4.78. The van der Waals surface area contributed by atoms with E-state index in [-0.39, 0.29) is 10.2 Å². The van der Waals surface area contributed by atoms with E-state index in [0.29, 0.717) is 18.1 Å². The third-order valence-corrected chi connectivity index (χ3v) is 7.48. The van der Waals surface area contributed by atoms with Gasteiger partial charge in [0.15, 0.2) is 0 Å². The van der Waals surface area contributed by atoms with Crippen LogP contribution >= 0.6 is 15.9 Å². The fraction of sp³-hybridized carbons (Fsp3) is 0.390. The minimum atomic E-state index is 0. The molecule has 2 atom stereocenters. The molecule has 0 N–H and O–H groups in total. The Kier molecular flexibility index (Phi) is 23.7. The molecule has 240 valence electrons. The molecule has 0 radical (unpaired) electrons. The number of piperidine rings is 1. The van der Waals surface area contributed by atoms with E-state index in [1.54, 1.807) is 27.7 Å². The van der Waals surface area contributed by atoms with Crippen LogP contribution in [0.25, 0.3) is 0 Å². The highest BCUT2D eigenvalue weighted by molar-refractivity contribution is 9.10. The van der Waals surface area contributed by atoms with Gasteiger partial charge in [-0.15, -0.1) is 19.3 Å². The smallest absolute Gasteiger partial charge is 0.219 e. The van der Waals surface area contributed by atoms with Crippen molar-refractivity contribution in [2.45, 2.75) is 72.5 Å². The zero-order valence-electron chi connectivity index (χ0n) is 27.9. The van der Waals surface area contributed by atoms with E-state index in [2.05, 4.69) is 153 Å². The molecular weight excluding hydrogens is 630 g/mol. The predicted octanol–water partition coefficient (Wildman–Crippen LogP) is 6.20. The van der Waals surface area contributed by atoms with Crippen LogP contribution in [0.15, 0.2) is 28.7 Å². The van der Waals surface area contributed by atoms with Crippen molar-refractivity contribution in [1.82, 2.24) is 14.7 Å². The molecule has 0 spiro atoms. The molecule has 0 bridgehead atoms. The van der Waals surface area contributed by atoms with Gasteiger partial charge in [0.05, 0.1) is 0 Å². The second-order valence-electron chi connectivity index (χ2n) is 9.85. The van der Waals surface area contributed by atoms with E-state index in [9.17, 15) is 4.79 Å². The van der Waals surface area contributed by atoms with Crippen molar-refractivity contribution in [3.63, 3.8) is 0 Å². The number of hydrogen-bond donors (Lipinski definition) is 0. The van der Waals surface area contributed by atoms with Gasteiger partial charge in [0.1, 0.15) is 0 Å². The van der Waals surface area contributed by atoms with Crippen LogP contribution in [0, 0.1) is 108 Å². The van der Waals surface area contributed by atoms with Crippen LogP contribution in [0.1, 0.15) is 70.3 Å². The summed E-state index contributed by atoms with van der Waals surface area (Å²) in [6.07, 6.45) is 16.6. The number of benzene rings is 1. The molecule has 4 nitrogen and oxygen atoms in total. The van der Waals surface area contributed by atoms with Gasteiger partial charge >= 0.3 is 0 Å². The molecule has 0 aromatic heterocycles.